The highest BCUT2D eigenvalue weighted by Gasteiger charge is 2.12. The molecule has 0 aromatic heterocycles. The van der Waals surface area contributed by atoms with Crippen LogP contribution in [0.4, 0.5) is 0 Å². The van der Waals surface area contributed by atoms with Crippen molar-refractivity contribution in [3.05, 3.63) is 0 Å². The first kappa shape index (κ1) is 22.6. The van der Waals surface area contributed by atoms with Gasteiger partial charge in [0.25, 0.3) is 0 Å². The topological polar surface area (TPSA) is 106 Å². The fourth-order valence-corrected chi connectivity index (χ4v) is 2.74. The van der Waals surface area contributed by atoms with Crippen molar-refractivity contribution in [1.29, 1.82) is 0 Å². The number of rotatable bonds is 16. The summed E-state index contributed by atoms with van der Waals surface area (Å²) in [4.78, 5) is 32.6. The van der Waals surface area contributed by atoms with E-state index in [0.29, 0.717) is 39.3 Å². The van der Waals surface area contributed by atoms with Crippen molar-refractivity contribution < 1.29 is 23.9 Å². The molecule has 2 atom stereocenters. The minimum absolute atomic E-state index is 0.00202. The number of nitrogens with one attached hydrogen (secondary N) is 3. The first-order valence-electron chi connectivity index (χ1n) is 7.36. The quantitative estimate of drug-likeness (QED) is 0.0964. The zero-order chi connectivity index (χ0) is 17.3. The molecule has 2 unspecified atom stereocenters. The monoisotopic (exact) mass is 461 g/mol. The van der Waals surface area contributed by atoms with Crippen LogP contribution in [0, 0.1) is 0 Å². The number of carbonyl (C=O) groups is 3. The third kappa shape index (κ3) is 14.9. The van der Waals surface area contributed by atoms with Gasteiger partial charge in [-0.3, -0.25) is 19.5 Å². The second kappa shape index (κ2) is 16.5. The Morgan fingerprint density at radius 3 is 2.52 bits per heavy atom. The van der Waals surface area contributed by atoms with Crippen LogP contribution in [0.25, 0.3) is 0 Å². The normalized spacial score (nSPS) is 11.7. The van der Waals surface area contributed by atoms with Crippen molar-refractivity contribution in [2.24, 2.45) is 0 Å². The van der Waals surface area contributed by atoms with Crippen LogP contribution in [-0.2, 0) is 23.9 Å². The number of unbranched alkanes of at least 4 members (excludes halogenated alkanes) is 1. The smallest absolute Gasteiger partial charge is 0.245 e. The Balaban J connectivity index is 3.37. The molecule has 2 amide bonds. The predicted octanol–water partition coefficient (Wildman–Crippen LogP) is -0.238. The molecule has 23 heavy (non-hydrogen) atoms. The van der Waals surface area contributed by atoms with Crippen molar-refractivity contribution >= 4 is 48.1 Å². The van der Waals surface area contributed by atoms with Gasteiger partial charge in [-0.15, -0.1) is 0 Å². The van der Waals surface area contributed by atoms with Gasteiger partial charge in [0.15, 0.2) is 0 Å². The lowest BCUT2D eigenvalue weighted by Crippen LogP contribution is -2.30. The van der Waals surface area contributed by atoms with Crippen LogP contribution in [0.1, 0.15) is 19.3 Å². The van der Waals surface area contributed by atoms with Crippen LogP contribution in [0.15, 0.2) is 0 Å². The fraction of sp³-hybridized carbons (Fsp3) is 0.769. The Kier molecular flexibility index (Phi) is 16.3. The minimum Gasteiger partial charge on any atom is -0.377 e. The van der Waals surface area contributed by atoms with Crippen molar-refractivity contribution in [3.8, 4) is 0 Å². The molecule has 134 valence electrons. The van der Waals surface area contributed by atoms with Gasteiger partial charge in [0.05, 0.1) is 25.9 Å². The van der Waals surface area contributed by atoms with E-state index in [1.54, 1.807) is 22.6 Å². The lowest BCUT2D eigenvalue weighted by atomic mass is 10.1. The zero-order valence-corrected chi connectivity index (χ0v) is 16.3. The van der Waals surface area contributed by atoms with Gasteiger partial charge < -0.3 is 20.1 Å². The molecule has 0 heterocycles. The fourth-order valence-electron chi connectivity index (χ4n) is 1.59. The van der Waals surface area contributed by atoms with Crippen molar-refractivity contribution in [1.82, 2.24) is 15.7 Å². The Hall–Kier alpha value is -0.350. The summed E-state index contributed by atoms with van der Waals surface area (Å²) in [7, 11) is 2.35. The van der Waals surface area contributed by atoms with Gasteiger partial charge in [0, 0.05) is 35.7 Å². The van der Waals surface area contributed by atoms with E-state index in [4.69, 9.17) is 9.47 Å². The maximum atomic E-state index is 11.5. The lowest BCUT2D eigenvalue weighted by molar-refractivity contribution is -0.126. The van der Waals surface area contributed by atoms with E-state index in [-0.39, 0.29) is 22.3 Å². The van der Waals surface area contributed by atoms with E-state index in [2.05, 4.69) is 25.1 Å². The summed E-state index contributed by atoms with van der Waals surface area (Å²) in [6.45, 7) is 2.14. The van der Waals surface area contributed by atoms with Crippen LogP contribution in [0.3, 0.4) is 0 Å². The van der Waals surface area contributed by atoms with Gasteiger partial charge in [-0.2, -0.15) is 0 Å². The van der Waals surface area contributed by atoms with E-state index in [1.165, 1.54) is 0 Å². The van der Waals surface area contributed by atoms with Gasteiger partial charge in [-0.1, -0.05) is 9.39 Å². The molecule has 0 spiro atoms. The van der Waals surface area contributed by atoms with Gasteiger partial charge in [0.2, 0.25) is 16.1 Å². The highest BCUT2D eigenvalue weighted by molar-refractivity contribution is 14.1. The molecule has 0 bridgehead atoms. The summed E-state index contributed by atoms with van der Waals surface area (Å²) < 4.78 is 10.4. The lowest BCUT2D eigenvalue weighted by Gasteiger charge is -2.11. The summed E-state index contributed by atoms with van der Waals surface area (Å²) in [6.07, 6.45) is 3.02. The van der Waals surface area contributed by atoms with Gasteiger partial charge in [-0.05, 0) is 19.3 Å². The van der Waals surface area contributed by atoms with Crippen LogP contribution in [0.2, 0.25) is 0 Å². The number of ether oxygens (including phenoxy) is 2. The number of amides is 2. The first-order valence-corrected chi connectivity index (χ1v) is 9.02. The van der Waals surface area contributed by atoms with Crippen LogP contribution >= 0.6 is 32.0 Å². The highest BCUT2D eigenvalue weighted by atomic mass is 127. The second-order valence-electron chi connectivity index (χ2n) is 4.61. The minimum atomic E-state index is -0.168. The predicted molar refractivity (Wildman–Crippen MR) is 98.2 cm³/mol. The Bertz CT molecular complexity index is 350. The van der Waals surface area contributed by atoms with E-state index in [9.17, 15) is 14.4 Å². The molecule has 3 N–H and O–H groups in total. The summed E-state index contributed by atoms with van der Waals surface area (Å²) >= 11 is 1.78. The molecular weight excluding hydrogens is 436 g/mol. The summed E-state index contributed by atoms with van der Waals surface area (Å²) in [5, 5.41) is 8.11. The Morgan fingerprint density at radius 2 is 1.87 bits per heavy atom. The number of hydrogen-bond acceptors (Lipinski definition) is 6. The number of carbonyl (C=O) groups excluding carboxylic acids is 3. The summed E-state index contributed by atoms with van der Waals surface area (Å²) in [5.41, 5.74) is 0. The Labute approximate surface area is 152 Å². The molecule has 0 aromatic carbocycles. The summed E-state index contributed by atoms with van der Waals surface area (Å²) in [5.74, 6) is -0.168. The average molecular weight is 461 g/mol. The maximum absolute atomic E-state index is 11.5. The van der Waals surface area contributed by atoms with Crippen LogP contribution in [0.5, 0.6) is 0 Å². The standard InChI is InChI=1S/C13H25IN3O5P/c14-13(20)11(17-23)3-1-2-4-16-12(19)9-22-8-7-21-6-5-15-10-18/h10-11,17H,1-9,23H2,(H,15,18)(H,16,19). The van der Waals surface area contributed by atoms with E-state index in [1.807, 2.05) is 0 Å². The molecule has 8 nitrogen and oxygen atoms in total. The molecule has 0 rings (SSSR count). The molecule has 10 heteroatoms. The van der Waals surface area contributed by atoms with Crippen molar-refractivity contribution in [2.75, 3.05) is 39.5 Å². The van der Waals surface area contributed by atoms with Crippen molar-refractivity contribution in [2.45, 2.75) is 25.3 Å². The molecule has 0 aromatic rings. The van der Waals surface area contributed by atoms with Gasteiger partial charge in [-0.25, -0.2) is 0 Å². The third-order valence-corrected chi connectivity index (χ3v) is 3.95. The van der Waals surface area contributed by atoms with Crippen LogP contribution < -0.4 is 15.7 Å². The van der Waals surface area contributed by atoms with Gasteiger partial charge in [0.1, 0.15) is 6.61 Å². The van der Waals surface area contributed by atoms with Gasteiger partial charge >= 0.3 is 0 Å². The molecule has 0 aliphatic heterocycles. The highest BCUT2D eigenvalue weighted by Crippen LogP contribution is 2.06. The molecular formula is C13H25IN3O5P. The van der Waals surface area contributed by atoms with E-state index >= 15 is 0 Å². The Morgan fingerprint density at radius 1 is 1.13 bits per heavy atom. The van der Waals surface area contributed by atoms with Crippen molar-refractivity contribution in [3.63, 3.8) is 0 Å². The molecule has 0 fully saturated rings. The average Bonchev–Trinajstić information content (AvgIpc) is 2.53. The molecule has 0 aliphatic carbocycles. The molecule has 0 radical (unpaired) electrons. The van der Waals surface area contributed by atoms with Crippen LogP contribution in [-0.4, -0.2) is 61.7 Å². The zero-order valence-electron chi connectivity index (χ0n) is 13.0. The maximum Gasteiger partial charge on any atom is 0.245 e. The number of halogens is 1. The second-order valence-corrected chi connectivity index (χ2v) is 6.00. The SMILES string of the molecule is O=CNCCOCCOCC(=O)NCCCCC(NP)C(=O)I. The molecule has 0 aliphatic rings. The largest absolute Gasteiger partial charge is 0.377 e. The third-order valence-electron chi connectivity index (χ3n) is 2.80. The first-order chi connectivity index (χ1) is 11.1. The van der Waals surface area contributed by atoms with E-state index < -0.39 is 0 Å². The molecule has 0 saturated carbocycles. The molecule has 0 saturated heterocycles. The van der Waals surface area contributed by atoms with E-state index in [0.717, 1.165) is 19.3 Å². The number of hydrogen-bond donors (Lipinski definition) is 3. The summed E-state index contributed by atoms with van der Waals surface area (Å²) in [6, 6.07) is -0.152.